The lowest BCUT2D eigenvalue weighted by molar-refractivity contribution is 0.320. The molecule has 0 unspecified atom stereocenters. The highest BCUT2D eigenvalue weighted by Crippen LogP contribution is 2.41. The van der Waals surface area contributed by atoms with Gasteiger partial charge in [0.2, 0.25) is 0 Å². The van der Waals surface area contributed by atoms with Crippen molar-refractivity contribution in [2.24, 2.45) is 0 Å². The predicted molar refractivity (Wildman–Crippen MR) is 59.7 cm³/mol. The molecule has 0 spiro atoms. The zero-order valence-corrected chi connectivity index (χ0v) is 9.15. The molecular formula is C10H9ClO2S. The number of rotatable bonds is 2. The summed E-state index contributed by atoms with van der Waals surface area (Å²) in [5.74, 6) is 0.621. The quantitative estimate of drug-likeness (QED) is 0.850. The van der Waals surface area contributed by atoms with E-state index < -0.39 is 0 Å². The maximum absolute atomic E-state index is 9.85. The van der Waals surface area contributed by atoms with Gasteiger partial charge in [-0.05, 0) is 19.1 Å². The number of ether oxygens (including phenoxy) is 1. The average Bonchev–Trinajstić information content (AvgIpc) is 2.54. The first-order valence-electron chi connectivity index (χ1n) is 4.25. The molecule has 2 aromatic rings. The number of aromatic hydroxyl groups is 1. The van der Waals surface area contributed by atoms with Gasteiger partial charge in [0.25, 0.3) is 0 Å². The van der Waals surface area contributed by atoms with Gasteiger partial charge in [-0.15, -0.1) is 11.3 Å². The number of phenolic OH excluding ortho intramolecular Hbond substituents is 1. The van der Waals surface area contributed by atoms with Crippen molar-refractivity contribution < 1.29 is 9.84 Å². The number of halogens is 1. The Balaban J connectivity index is 2.66. The molecule has 2 rings (SSSR count). The Hall–Kier alpha value is -0.930. The second-order valence-corrected chi connectivity index (χ2v) is 4.12. The topological polar surface area (TPSA) is 29.5 Å². The summed E-state index contributed by atoms with van der Waals surface area (Å²) >= 11 is 7.45. The van der Waals surface area contributed by atoms with E-state index in [4.69, 9.17) is 16.3 Å². The lowest BCUT2D eigenvalue weighted by Crippen LogP contribution is -1.91. The van der Waals surface area contributed by atoms with Crippen LogP contribution in [0.15, 0.2) is 17.5 Å². The van der Waals surface area contributed by atoms with Crippen molar-refractivity contribution in [1.82, 2.24) is 0 Å². The summed E-state index contributed by atoms with van der Waals surface area (Å²) in [7, 11) is 0. The molecule has 0 aliphatic carbocycles. The van der Waals surface area contributed by atoms with Crippen molar-refractivity contribution >= 4 is 33.0 Å². The summed E-state index contributed by atoms with van der Waals surface area (Å²) in [4.78, 5) is 0. The highest BCUT2D eigenvalue weighted by Gasteiger charge is 2.11. The molecule has 1 heterocycles. The molecule has 0 bridgehead atoms. The molecule has 1 N–H and O–H groups in total. The highest BCUT2D eigenvalue weighted by atomic mass is 35.5. The Morgan fingerprint density at radius 2 is 2.29 bits per heavy atom. The van der Waals surface area contributed by atoms with Gasteiger partial charge in [-0.25, -0.2) is 0 Å². The molecule has 0 fully saturated rings. The van der Waals surface area contributed by atoms with Crippen LogP contribution in [0.5, 0.6) is 11.5 Å². The minimum absolute atomic E-state index is 0.135. The molecule has 14 heavy (non-hydrogen) atoms. The highest BCUT2D eigenvalue weighted by molar-refractivity contribution is 7.17. The Kier molecular flexibility index (Phi) is 2.52. The number of fused-ring (bicyclic) bond motifs is 1. The third-order valence-corrected chi connectivity index (χ3v) is 3.31. The summed E-state index contributed by atoms with van der Waals surface area (Å²) in [6.45, 7) is 2.40. The number of hydrogen-bond donors (Lipinski definition) is 1. The molecule has 1 aromatic heterocycles. The van der Waals surface area contributed by atoms with Gasteiger partial charge in [-0.3, -0.25) is 0 Å². The van der Waals surface area contributed by atoms with Gasteiger partial charge in [0.1, 0.15) is 0 Å². The molecule has 74 valence electrons. The van der Waals surface area contributed by atoms with Crippen LogP contribution in [-0.2, 0) is 0 Å². The van der Waals surface area contributed by atoms with Gasteiger partial charge >= 0.3 is 0 Å². The Morgan fingerprint density at radius 3 is 3.00 bits per heavy atom. The maximum atomic E-state index is 9.85. The van der Waals surface area contributed by atoms with E-state index in [2.05, 4.69) is 0 Å². The van der Waals surface area contributed by atoms with Crippen molar-refractivity contribution in [2.75, 3.05) is 6.61 Å². The van der Waals surface area contributed by atoms with E-state index >= 15 is 0 Å². The monoisotopic (exact) mass is 228 g/mol. The number of benzene rings is 1. The fraction of sp³-hybridized carbons (Fsp3) is 0.200. The summed E-state index contributed by atoms with van der Waals surface area (Å²) in [5, 5.41) is 12.9. The number of hydrogen-bond acceptors (Lipinski definition) is 3. The fourth-order valence-electron chi connectivity index (χ4n) is 1.33. The van der Waals surface area contributed by atoms with E-state index in [0.29, 0.717) is 22.8 Å². The molecule has 0 amide bonds. The first-order chi connectivity index (χ1) is 6.74. The van der Waals surface area contributed by atoms with Crippen LogP contribution in [0.25, 0.3) is 10.1 Å². The van der Waals surface area contributed by atoms with Gasteiger partial charge < -0.3 is 9.84 Å². The van der Waals surface area contributed by atoms with Crippen LogP contribution in [0.3, 0.4) is 0 Å². The predicted octanol–water partition coefficient (Wildman–Crippen LogP) is 3.66. The van der Waals surface area contributed by atoms with Gasteiger partial charge in [-0.1, -0.05) is 11.6 Å². The molecule has 0 aliphatic heterocycles. The summed E-state index contributed by atoms with van der Waals surface area (Å²) in [6, 6.07) is 3.66. The lowest BCUT2D eigenvalue weighted by Gasteiger charge is -2.06. The summed E-state index contributed by atoms with van der Waals surface area (Å²) in [5.41, 5.74) is 0. The minimum Gasteiger partial charge on any atom is -0.504 e. The minimum atomic E-state index is 0.135. The zero-order valence-electron chi connectivity index (χ0n) is 7.58. The second kappa shape index (κ2) is 3.67. The SMILES string of the molecule is CCOc1ccc2scc(Cl)c2c1O. The standard InChI is InChI=1S/C10H9ClO2S/c1-2-13-7-3-4-8-9(10(7)12)6(11)5-14-8/h3-5,12H,2H2,1H3. The van der Waals surface area contributed by atoms with Crippen LogP contribution in [0.1, 0.15) is 6.92 Å². The Bertz CT molecular complexity index is 464. The molecule has 0 radical (unpaired) electrons. The van der Waals surface area contributed by atoms with E-state index in [1.165, 1.54) is 11.3 Å². The molecular weight excluding hydrogens is 220 g/mol. The Labute approximate surface area is 90.7 Å². The van der Waals surface area contributed by atoms with Crippen LogP contribution in [0, 0.1) is 0 Å². The first-order valence-corrected chi connectivity index (χ1v) is 5.51. The van der Waals surface area contributed by atoms with Crippen LogP contribution < -0.4 is 4.74 Å². The molecule has 0 atom stereocenters. The van der Waals surface area contributed by atoms with Crippen molar-refractivity contribution in [3.63, 3.8) is 0 Å². The van der Waals surface area contributed by atoms with Crippen LogP contribution in [0.4, 0.5) is 0 Å². The number of thiophene rings is 1. The summed E-state index contributed by atoms with van der Waals surface area (Å²) < 4.78 is 6.23. The van der Waals surface area contributed by atoms with Crippen LogP contribution >= 0.6 is 22.9 Å². The van der Waals surface area contributed by atoms with Gasteiger partial charge in [0.05, 0.1) is 17.0 Å². The third kappa shape index (κ3) is 1.42. The van der Waals surface area contributed by atoms with Crippen LogP contribution in [-0.4, -0.2) is 11.7 Å². The second-order valence-electron chi connectivity index (χ2n) is 2.80. The van der Waals surface area contributed by atoms with Gasteiger partial charge in [0.15, 0.2) is 11.5 Å². The van der Waals surface area contributed by atoms with Crippen molar-refractivity contribution in [2.45, 2.75) is 6.92 Å². The van der Waals surface area contributed by atoms with Gasteiger partial charge in [-0.2, -0.15) is 0 Å². The average molecular weight is 229 g/mol. The maximum Gasteiger partial charge on any atom is 0.168 e. The summed E-state index contributed by atoms with van der Waals surface area (Å²) in [6.07, 6.45) is 0. The first kappa shape index (κ1) is 9.62. The van der Waals surface area contributed by atoms with E-state index in [0.717, 1.165) is 4.70 Å². The van der Waals surface area contributed by atoms with E-state index in [9.17, 15) is 5.11 Å². The third-order valence-electron chi connectivity index (χ3n) is 1.93. The molecule has 4 heteroatoms. The molecule has 2 nitrogen and oxygen atoms in total. The molecule has 1 aromatic carbocycles. The van der Waals surface area contributed by atoms with E-state index in [1.54, 1.807) is 6.07 Å². The van der Waals surface area contributed by atoms with E-state index in [-0.39, 0.29) is 5.75 Å². The van der Waals surface area contributed by atoms with E-state index in [1.807, 2.05) is 18.4 Å². The van der Waals surface area contributed by atoms with Crippen molar-refractivity contribution in [3.8, 4) is 11.5 Å². The van der Waals surface area contributed by atoms with Crippen LogP contribution in [0.2, 0.25) is 5.02 Å². The molecule has 0 saturated heterocycles. The normalized spacial score (nSPS) is 10.7. The molecule has 0 saturated carbocycles. The molecule has 0 aliphatic rings. The van der Waals surface area contributed by atoms with Crippen molar-refractivity contribution in [1.29, 1.82) is 0 Å². The van der Waals surface area contributed by atoms with Gasteiger partial charge in [0, 0.05) is 10.1 Å². The zero-order chi connectivity index (χ0) is 10.1. The largest absolute Gasteiger partial charge is 0.504 e. The van der Waals surface area contributed by atoms with Crippen molar-refractivity contribution in [3.05, 3.63) is 22.5 Å². The number of phenols is 1. The fourth-order valence-corrected chi connectivity index (χ4v) is 2.53. The Morgan fingerprint density at radius 1 is 1.50 bits per heavy atom. The smallest absolute Gasteiger partial charge is 0.168 e. The lowest BCUT2D eigenvalue weighted by atomic mass is 10.2.